The van der Waals surface area contributed by atoms with Crippen molar-refractivity contribution in [3.05, 3.63) is 29.5 Å². The Morgan fingerprint density at radius 2 is 2.45 bits per heavy atom. The van der Waals surface area contributed by atoms with Gasteiger partial charge in [0.2, 0.25) is 0 Å². The van der Waals surface area contributed by atoms with E-state index in [0.29, 0.717) is 5.92 Å². The normalized spacial score (nSPS) is 18.9. The standard InChI is InChI=1S/C15H20N2O3/c1-11-7-12(3-4-14(18)19)8-16-15(11)17-6-5-13(9-17)10-20-2/h3-4,7-8,13H,5-6,9-10H2,1-2H3,(H,18,19)/b4-3+. The predicted octanol–water partition coefficient (Wildman–Crippen LogP) is 1.96. The number of hydrogen-bond acceptors (Lipinski definition) is 4. The van der Waals surface area contributed by atoms with Gasteiger partial charge in [0, 0.05) is 38.4 Å². The molecule has 5 nitrogen and oxygen atoms in total. The van der Waals surface area contributed by atoms with Crippen molar-refractivity contribution in [1.82, 2.24) is 4.98 Å². The van der Waals surface area contributed by atoms with Crippen LogP contribution in [0.25, 0.3) is 6.08 Å². The molecule has 0 aliphatic carbocycles. The molecule has 0 spiro atoms. The zero-order valence-corrected chi connectivity index (χ0v) is 11.9. The lowest BCUT2D eigenvalue weighted by molar-refractivity contribution is -0.131. The molecule has 108 valence electrons. The van der Waals surface area contributed by atoms with Crippen LogP contribution in [0.5, 0.6) is 0 Å². The van der Waals surface area contributed by atoms with Crippen LogP contribution in [0.1, 0.15) is 17.5 Å². The maximum Gasteiger partial charge on any atom is 0.328 e. The molecule has 1 aromatic rings. The summed E-state index contributed by atoms with van der Waals surface area (Å²) in [7, 11) is 1.73. The number of nitrogens with zero attached hydrogens (tertiary/aromatic N) is 2. The van der Waals surface area contributed by atoms with Crippen molar-refractivity contribution in [3.8, 4) is 0 Å². The summed E-state index contributed by atoms with van der Waals surface area (Å²) < 4.78 is 5.20. The number of carboxylic acids is 1. The molecule has 1 saturated heterocycles. The third kappa shape index (κ3) is 3.57. The molecule has 1 atom stereocenters. The predicted molar refractivity (Wildman–Crippen MR) is 77.8 cm³/mol. The van der Waals surface area contributed by atoms with Crippen LogP contribution < -0.4 is 4.90 Å². The molecule has 2 rings (SSSR count). The highest BCUT2D eigenvalue weighted by Crippen LogP contribution is 2.25. The first kappa shape index (κ1) is 14.5. The SMILES string of the molecule is COCC1CCN(c2ncc(/C=C/C(=O)O)cc2C)C1. The van der Waals surface area contributed by atoms with Gasteiger partial charge in [-0.05, 0) is 36.6 Å². The molecule has 1 aliphatic heterocycles. The van der Waals surface area contributed by atoms with E-state index in [4.69, 9.17) is 9.84 Å². The highest BCUT2D eigenvalue weighted by Gasteiger charge is 2.24. The van der Waals surface area contributed by atoms with E-state index in [9.17, 15) is 4.79 Å². The van der Waals surface area contributed by atoms with E-state index in [-0.39, 0.29) is 0 Å². The zero-order valence-electron chi connectivity index (χ0n) is 11.9. The fourth-order valence-corrected chi connectivity index (χ4v) is 2.58. The molecule has 1 N–H and O–H groups in total. The van der Waals surface area contributed by atoms with Crippen molar-refractivity contribution in [3.63, 3.8) is 0 Å². The Morgan fingerprint density at radius 1 is 1.65 bits per heavy atom. The maximum atomic E-state index is 10.5. The summed E-state index contributed by atoms with van der Waals surface area (Å²) in [4.78, 5) is 17.2. The van der Waals surface area contributed by atoms with E-state index in [2.05, 4.69) is 9.88 Å². The molecule has 1 fully saturated rings. The molecule has 0 saturated carbocycles. The molecule has 5 heteroatoms. The third-order valence-corrected chi connectivity index (χ3v) is 3.48. The number of carboxylic acid groups (broad SMARTS) is 1. The van der Waals surface area contributed by atoms with Crippen LogP contribution in [0, 0.1) is 12.8 Å². The largest absolute Gasteiger partial charge is 0.478 e. The molecule has 0 bridgehead atoms. The van der Waals surface area contributed by atoms with Crippen molar-refractivity contribution in [2.45, 2.75) is 13.3 Å². The highest BCUT2D eigenvalue weighted by atomic mass is 16.5. The number of methoxy groups -OCH3 is 1. The van der Waals surface area contributed by atoms with Gasteiger partial charge >= 0.3 is 5.97 Å². The number of carbonyl (C=O) groups is 1. The Balaban J connectivity index is 2.08. The quantitative estimate of drug-likeness (QED) is 0.833. The molecule has 20 heavy (non-hydrogen) atoms. The van der Waals surface area contributed by atoms with Crippen LogP contribution in [-0.4, -0.2) is 42.9 Å². The molecule has 1 unspecified atom stereocenters. The minimum atomic E-state index is -0.950. The van der Waals surface area contributed by atoms with E-state index >= 15 is 0 Å². The smallest absolute Gasteiger partial charge is 0.328 e. The molecular weight excluding hydrogens is 256 g/mol. The Bertz CT molecular complexity index is 514. The monoisotopic (exact) mass is 276 g/mol. The lowest BCUT2D eigenvalue weighted by Gasteiger charge is -2.19. The van der Waals surface area contributed by atoms with Gasteiger partial charge in [0.15, 0.2) is 0 Å². The topological polar surface area (TPSA) is 62.7 Å². The van der Waals surface area contributed by atoms with Crippen LogP contribution in [0.3, 0.4) is 0 Å². The lowest BCUT2D eigenvalue weighted by Crippen LogP contribution is -2.22. The summed E-state index contributed by atoms with van der Waals surface area (Å²) >= 11 is 0. The van der Waals surface area contributed by atoms with Crippen LogP contribution in [0.4, 0.5) is 5.82 Å². The number of aromatic nitrogens is 1. The van der Waals surface area contributed by atoms with E-state index < -0.39 is 5.97 Å². The molecule has 0 radical (unpaired) electrons. The number of anilines is 1. The summed E-state index contributed by atoms with van der Waals surface area (Å²) in [5.74, 6) is 0.595. The second-order valence-electron chi connectivity index (χ2n) is 5.14. The van der Waals surface area contributed by atoms with E-state index in [1.165, 1.54) is 0 Å². The van der Waals surface area contributed by atoms with Crippen molar-refractivity contribution in [2.24, 2.45) is 5.92 Å². The molecule has 1 aliphatic rings. The van der Waals surface area contributed by atoms with Gasteiger partial charge in [0.25, 0.3) is 0 Å². The molecular formula is C15H20N2O3. The van der Waals surface area contributed by atoms with Gasteiger partial charge < -0.3 is 14.7 Å². The van der Waals surface area contributed by atoms with Crippen molar-refractivity contribution >= 4 is 17.9 Å². The first-order valence-corrected chi connectivity index (χ1v) is 6.71. The Kier molecular flexibility index (Phi) is 4.74. The summed E-state index contributed by atoms with van der Waals surface area (Å²) in [6.45, 7) is 4.75. The van der Waals surface area contributed by atoms with Gasteiger partial charge in [0.1, 0.15) is 5.82 Å². The summed E-state index contributed by atoms with van der Waals surface area (Å²) in [6, 6.07) is 1.96. The average molecular weight is 276 g/mol. The number of rotatable bonds is 5. The first-order valence-electron chi connectivity index (χ1n) is 6.71. The lowest BCUT2D eigenvalue weighted by atomic mass is 10.1. The van der Waals surface area contributed by atoms with Gasteiger partial charge in [-0.1, -0.05) is 0 Å². The minimum Gasteiger partial charge on any atom is -0.478 e. The molecule has 1 aromatic heterocycles. The number of hydrogen-bond donors (Lipinski definition) is 1. The van der Waals surface area contributed by atoms with Crippen LogP contribution >= 0.6 is 0 Å². The molecule has 2 heterocycles. The fraction of sp³-hybridized carbons (Fsp3) is 0.467. The second-order valence-corrected chi connectivity index (χ2v) is 5.14. The average Bonchev–Trinajstić information content (AvgIpc) is 2.85. The minimum absolute atomic E-state index is 0.563. The third-order valence-electron chi connectivity index (χ3n) is 3.48. The van der Waals surface area contributed by atoms with Gasteiger partial charge in [-0.15, -0.1) is 0 Å². The number of aliphatic carboxylic acids is 1. The highest BCUT2D eigenvalue weighted by molar-refractivity contribution is 5.85. The fourth-order valence-electron chi connectivity index (χ4n) is 2.58. The van der Waals surface area contributed by atoms with E-state index in [0.717, 1.165) is 49.1 Å². The van der Waals surface area contributed by atoms with Gasteiger partial charge in [-0.25, -0.2) is 9.78 Å². The van der Waals surface area contributed by atoms with Crippen LogP contribution in [0.2, 0.25) is 0 Å². The van der Waals surface area contributed by atoms with E-state index in [1.807, 2.05) is 13.0 Å². The van der Waals surface area contributed by atoms with Crippen molar-refractivity contribution in [1.29, 1.82) is 0 Å². The molecule has 0 aromatic carbocycles. The first-order chi connectivity index (χ1) is 9.60. The Hall–Kier alpha value is -1.88. The van der Waals surface area contributed by atoms with Gasteiger partial charge in [-0.2, -0.15) is 0 Å². The summed E-state index contributed by atoms with van der Waals surface area (Å²) in [5, 5.41) is 8.62. The summed E-state index contributed by atoms with van der Waals surface area (Å²) in [5.41, 5.74) is 1.87. The molecule has 0 amide bonds. The maximum absolute atomic E-state index is 10.5. The van der Waals surface area contributed by atoms with E-state index in [1.54, 1.807) is 19.4 Å². The number of pyridine rings is 1. The number of ether oxygens (including phenoxy) is 1. The number of aryl methyl sites for hydroxylation is 1. The Labute approximate surface area is 118 Å². The second kappa shape index (κ2) is 6.52. The van der Waals surface area contributed by atoms with Crippen LogP contribution in [0.15, 0.2) is 18.3 Å². The van der Waals surface area contributed by atoms with Gasteiger partial charge in [-0.3, -0.25) is 0 Å². The zero-order chi connectivity index (χ0) is 14.5. The van der Waals surface area contributed by atoms with Crippen LogP contribution in [-0.2, 0) is 9.53 Å². The van der Waals surface area contributed by atoms with Crippen molar-refractivity contribution in [2.75, 3.05) is 31.7 Å². The van der Waals surface area contributed by atoms with Gasteiger partial charge in [0.05, 0.1) is 6.61 Å². The summed E-state index contributed by atoms with van der Waals surface area (Å²) in [6.07, 6.45) is 5.52. The van der Waals surface area contributed by atoms with Crippen molar-refractivity contribution < 1.29 is 14.6 Å². The Morgan fingerprint density at radius 3 is 3.10 bits per heavy atom.